The molecule has 2 fully saturated rings. The van der Waals surface area contributed by atoms with Crippen molar-refractivity contribution in [3.63, 3.8) is 0 Å². The zero-order valence-electron chi connectivity index (χ0n) is 16.6. The number of carbonyl (C=O) groups is 2. The molecule has 1 aromatic heterocycles. The lowest BCUT2D eigenvalue weighted by Crippen LogP contribution is -2.42. The van der Waals surface area contributed by atoms with Gasteiger partial charge in [-0.2, -0.15) is 0 Å². The van der Waals surface area contributed by atoms with E-state index in [0.29, 0.717) is 19.1 Å². The molecule has 1 unspecified atom stereocenters. The van der Waals surface area contributed by atoms with Crippen LogP contribution in [0.15, 0.2) is 24.5 Å². The van der Waals surface area contributed by atoms with Crippen molar-refractivity contribution >= 4 is 11.9 Å². The predicted molar refractivity (Wildman–Crippen MR) is 107 cm³/mol. The minimum atomic E-state index is -0.799. The molecular weight excluding hydrogens is 356 g/mol. The third-order valence-electron chi connectivity index (χ3n) is 5.92. The van der Waals surface area contributed by atoms with Crippen molar-refractivity contribution < 1.29 is 14.7 Å². The van der Waals surface area contributed by atoms with Gasteiger partial charge in [-0.25, -0.2) is 0 Å². The second-order valence-corrected chi connectivity index (χ2v) is 7.92. The molecule has 1 aromatic rings. The summed E-state index contributed by atoms with van der Waals surface area (Å²) in [4.78, 5) is 31.8. The molecular formula is C21H32N4O3. The van der Waals surface area contributed by atoms with Crippen molar-refractivity contribution in [3.05, 3.63) is 30.1 Å². The molecule has 7 heteroatoms. The van der Waals surface area contributed by atoms with Crippen molar-refractivity contribution in [2.24, 2.45) is 5.92 Å². The Balaban J connectivity index is 1.30. The zero-order chi connectivity index (χ0) is 19.8. The van der Waals surface area contributed by atoms with Gasteiger partial charge < -0.3 is 10.4 Å². The minimum Gasteiger partial charge on any atom is -0.480 e. The first-order chi connectivity index (χ1) is 13.6. The van der Waals surface area contributed by atoms with Crippen LogP contribution < -0.4 is 5.32 Å². The largest absolute Gasteiger partial charge is 0.480 e. The number of likely N-dealkylation sites (tertiary alicyclic amines) is 2. The molecule has 0 aromatic carbocycles. The van der Waals surface area contributed by atoms with Gasteiger partial charge in [0.25, 0.3) is 0 Å². The number of unbranched alkanes of at least 4 members (excludes halogenated alkanes) is 1. The third kappa shape index (κ3) is 6.01. The Morgan fingerprint density at radius 2 is 2.00 bits per heavy atom. The number of nitrogens with zero attached hydrogens (tertiary/aromatic N) is 3. The summed E-state index contributed by atoms with van der Waals surface area (Å²) in [5, 5.41) is 11.9. The maximum Gasteiger partial charge on any atom is 0.317 e. The van der Waals surface area contributed by atoms with Crippen molar-refractivity contribution in [3.8, 4) is 0 Å². The summed E-state index contributed by atoms with van der Waals surface area (Å²) >= 11 is 0. The second-order valence-electron chi connectivity index (χ2n) is 7.92. The van der Waals surface area contributed by atoms with Crippen molar-refractivity contribution in [2.45, 2.75) is 44.6 Å². The normalized spacial score (nSPS) is 21.6. The van der Waals surface area contributed by atoms with Crippen LogP contribution in [0, 0.1) is 5.92 Å². The molecule has 3 heterocycles. The molecule has 2 saturated heterocycles. The number of nitrogens with one attached hydrogen (secondary N) is 1. The van der Waals surface area contributed by atoms with E-state index in [2.05, 4.69) is 21.3 Å². The van der Waals surface area contributed by atoms with E-state index >= 15 is 0 Å². The molecule has 2 aliphatic rings. The fraction of sp³-hybridized carbons (Fsp3) is 0.667. The Morgan fingerprint density at radius 1 is 1.18 bits per heavy atom. The van der Waals surface area contributed by atoms with Gasteiger partial charge in [-0.3, -0.25) is 24.4 Å². The molecule has 7 nitrogen and oxygen atoms in total. The average Bonchev–Trinajstić information content (AvgIpc) is 3.17. The number of piperidine rings is 1. The van der Waals surface area contributed by atoms with Gasteiger partial charge >= 0.3 is 5.97 Å². The Morgan fingerprint density at radius 3 is 2.71 bits per heavy atom. The van der Waals surface area contributed by atoms with Gasteiger partial charge in [0.1, 0.15) is 0 Å². The summed E-state index contributed by atoms with van der Waals surface area (Å²) in [6.45, 7) is 4.37. The Bertz CT molecular complexity index is 632. The average molecular weight is 389 g/mol. The summed E-state index contributed by atoms with van der Waals surface area (Å²) in [6.07, 6.45) is 9.79. The molecule has 28 heavy (non-hydrogen) atoms. The highest BCUT2D eigenvalue weighted by Gasteiger charge is 2.26. The first-order valence-electron chi connectivity index (χ1n) is 10.5. The van der Waals surface area contributed by atoms with Crippen LogP contribution in [0.3, 0.4) is 0 Å². The molecule has 2 N–H and O–H groups in total. The van der Waals surface area contributed by atoms with Gasteiger partial charge in [0.15, 0.2) is 0 Å². The molecule has 3 rings (SSSR count). The monoisotopic (exact) mass is 388 g/mol. The van der Waals surface area contributed by atoms with E-state index in [1.165, 1.54) is 18.4 Å². The highest BCUT2D eigenvalue weighted by Crippen LogP contribution is 2.31. The molecule has 154 valence electrons. The number of aliphatic carboxylic acids is 1. The van der Waals surface area contributed by atoms with E-state index in [-0.39, 0.29) is 18.4 Å². The van der Waals surface area contributed by atoms with Crippen LogP contribution in [-0.4, -0.2) is 71.0 Å². The summed E-state index contributed by atoms with van der Waals surface area (Å²) < 4.78 is 0. The van der Waals surface area contributed by atoms with E-state index in [1.54, 1.807) is 0 Å². The Kier molecular flexibility index (Phi) is 7.80. The van der Waals surface area contributed by atoms with E-state index in [0.717, 1.165) is 45.3 Å². The molecule has 0 aliphatic carbocycles. The predicted octanol–water partition coefficient (Wildman–Crippen LogP) is 1.91. The fourth-order valence-electron chi connectivity index (χ4n) is 4.38. The highest BCUT2D eigenvalue weighted by atomic mass is 16.4. The van der Waals surface area contributed by atoms with Gasteiger partial charge in [0.05, 0.1) is 6.54 Å². The Hall–Kier alpha value is -1.99. The smallest absolute Gasteiger partial charge is 0.317 e. The molecule has 0 saturated carbocycles. The van der Waals surface area contributed by atoms with Crippen LogP contribution >= 0.6 is 0 Å². The van der Waals surface area contributed by atoms with E-state index in [1.807, 2.05) is 23.4 Å². The number of hydrogen-bond acceptors (Lipinski definition) is 5. The van der Waals surface area contributed by atoms with E-state index in [9.17, 15) is 9.59 Å². The van der Waals surface area contributed by atoms with Gasteiger partial charge in [-0.15, -0.1) is 0 Å². The number of carboxylic acid groups (broad SMARTS) is 1. The number of carboxylic acids is 1. The van der Waals surface area contributed by atoms with Crippen molar-refractivity contribution in [1.82, 2.24) is 20.1 Å². The van der Waals surface area contributed by atoms with Crippen molar-refractivity contribution in [1.29, 1.82) is 0 Å². The van der Waals surface area contributed by atoms with Crippen LogP contribution in [0.2, 0.25) is 0 Å². The van der Waals surface area contributed by atoms with Gasteiger partial charge in [0.2, 0.25) is 5.91 Å². The molecule has 0 bridgehead atoms. The summed E-state index contributed by atoms with van der Waals surface area (Å²) in [5.74, 6) is -0.644. The number of aromatic nitrogens is 1. The molecule has 1 amide bonds. The maximum absolute atomic E-state index is 12.3. The first kappa shape index (κ1) is 20.7. The lowest BCUT2D eigenvalue weighted by Gasteiger charge is -2.30. The van der Waals surface area contributed by atoms with E-state index < -0.39 is 5.97 Å². The quantitative estimate of drug-likeness (QED) is 0.629. The third-order valence-corrected chi connectivity index (χ3v) is 5.92. The highest BCUT2D eigenvalue weighted by molar-refractivity contribution is 5.78. The number of rotatable bonds is 9. The lowest BCUT2D eigenvalue weighted by molar-refractivity contribution is -0.138. The molecule has 0 radical (unpaired) electrons. The van der Waals surface area contributed by atoms with Gasteiger partial charge in [-0.05, 0) is 76.3 Å². The number of carbonyl (C=O) groups excluding carboxylic acids is 1. The molecule has 0 spiro atoms. The topological polar surface area (TPSA) is 85.8 Å². The van der Waals surface area contributed by atoms with Crippen LogP contribution in [-0.2, 0) is 9.59 Å². The summed E-state index contributed by atoms with van der Waals surface area (Å²) in [5.41, 5.74) is 1.31. The van der Waals surface area contributed by atoms with Crippen LogP contribution in [0.25, 0.3) is 0 Å². The minimum absolute atomic E-state index is 0.0265. The summed E-state index contributed by atoms with van der Waals surface area (Å²) in [7, 11) is 0. The lowest BCUT2D eigenvalue weighted by atomic mass is 9.96. The van der Waals surface area contributed by atoms with Crippen LogP contribution in [0.5, 0.6) is 0 Å². The zero-order valence-corrected chi connectivity index (χ0v) is 16.6. The van der Waals surface area contributed by atoms with Crippen molar-refractivity contribution in [2.75, 3.05) is 39.3 Å². The second kappa shape index (κ2) is 10.5. The number of hydrogen-bond donors (Lipinski definition) is 2. The fourth-order valence-corrected chi connectivity index (χ4v) is 4.38. The van der Waals surface area contributed by atoms with Crippen LogP contribution in [0.4, 0.5) is 0 Å². The van der Waals surface area contributed by atoms with E-state index in [4.69, 9.17) is 5.11 Å². The molecule has 1 atom stereocenters. The van der Waals surface area contributed by atoms with Gasteiger partial charge in [0, 0.05) is 30.9 Å². The SMILES string of the molecule is O=C(O)CN1CCC(C(=O)NCCCCN2CCCC2c2cccnc2)CC1. The molecule has 2 aliphatic heterocycles. The first-order valence-corrected chi connectivity index (χ1v) is 10.5. The van der Waals surface area contributed by atoms with Crippen LogP contribution in [0.1, 0.15) is 50.1 Å². The maximum atomic E-state index is 12.3. The standard InChI is InChI=1S/C21H32N4O3/c26-20(27)16-24-13-7-17(8-14-24)21(28)23-10-1-2-11-25-12-4-6-19(25)18-5-3-9-22-15-18/h3,5,9,15,17,19H,1-2,4,6-8,10-14,16H2,(H,23,28)(H,26,27). The van der Waals surface area contributed by atoms with Gasteiger partial charge in [-0.1, -0.05) is 6.07 Å². The Labute approximate surface area is 167 Å². The summed E-state index contributed by atoms with van der Waals surface area (Å²) in [6, 6.07) is 4.66. The number of amides is 1. The number of pyridine rings is 1.